The number of anilines is 1. The van der Waals surface area contributed by atoms with Gasteiger partial charge in [0.1, 0.15) is 0 Å². The molecule has 7 heteroatoms. The number of aromatic nitrogens is 1. The van der Waals surface area contributed by atoms with E-state index in [0.717, 1.165) is 22.6 Å². The molecule has 6 nitrogen and oxygen atoms in total. The summed E-state index contributed by atoms with van der Waals surface area (Å²) in [5.41, 5.74) is 2.79. The van der Waals surface area contributed by atoms with Crippen molar-refractivity contribution in [1.82, 2.24) is 4.98 Å². The number of rotatable bonds is 7. The number of fused-ring (bicyclic) bond motifs is 1. The first-order chi connectivity index (χ1) is 13.3. The van der Waals surface area contributed by atoms with Crippen molar-refractivity contribution in [3.63, 3.8) is 0 Å². The van der Waals surface area contributed by atoms with E-state index in [4.69, 9.17) is 14.2 Å². The van der Waals surface area contributed by atoms with E-state index in [2.05, 4.69) is 10.3 Å². The van der Waals surface area contributed by atoms with Crippen molar-refractivity contribution in [3.8, 4) is 22.8 Å². The summed E-state index contributed by atoms with van der Waals surface area (Å²) >= 11 is 1.39. The third-order valence-electron chi connectivity index (χ3n) is 4.00. The van der Waals surface area contributed by atoms with E-state index >= 15 is 0 Å². The van der Waals surface area contributed by atoms with Crippen molar-refractivity contribution in [3.05, 3.63) is 59.5 Å². The predicted molar refractivity (Wildman–Crippen MR) is 103 cm³/mol. The predicted octanol–water partition coefficient (Wildman–Crippen LogP) is 4.08. The Kier molecular flexibility index (Phi) is 5.32. The highest BCUT2D eigenvalue weighted by molar-refractivity contribution is 7.14. The van der Waals surface area contributed by atoms with Crippen LogP contribution in [0, 0.1) is 0 Å². The zero-order valence-corrected chi connectivity index (χ0v) is 15.3. The van der Waals surface area contributed by atoms with Gasteiger partial charge in [0.15, 0.2) is 16.6 Å². The molecule has 0 bridgehead atoms. The second-order valence-corrected chi connectivity index (χ2v) is 6.80. The number of hydrogen-bond donors (Lipinski definition) is 1. The molecule has 0 unspecified atom stereocenters. The van der Waals surface area contributed by atoms with Crippen molar-refractivity contribution < 1.29 is 19.0 Å². The molecule has 2 aromatic carbocycles. The van der Waals surface area contributed by atoms with Crippen LogP contribution < -0.4 is 14.8 Å². The van der Waals surface area contributed by atoms with Crippen LogP contribution in [0.2, 0.25) is 0 Å². The van der Waals surface area contributed by atoms with Gasteiger partial charge in [0, 0.05) is 10.9 Å². The zero-order valence-electron chi connectivity index (χ0n) is 14.5. The molecule has 0 atom stereocenters. The molecule has 1 amide bonds. The summed E-state index contributed by atoms with van der Waals surface area (Å²) in [5, 5.41) is 5.28. The lowest BCUT2D eigenvalue weighted by molar-refractivity contribution is -0.117. The SMILES string of the molecule is O=C(CCOCc1ccccc1)Nc1nc(-c2ccc3c(c2)OCO3)cs1. The molecular weight excluding hydrogens is 364 g/mol. The maximum atomic E-state index is 12.1. The van der Waals surface area contributed by atoms with E-state index in [1.807, 2.05) is 53.9 Å². The molecule has 0 spiro atoms. The first-order valence-electron chi connectivity index (χ1n) is 8.55. The van der Waals surface area contributed by atoms with Gasteiger partial charge in [0.05, 0.1) is 25.3 Å². The van der Waals surface area contributed by atoms with Gasteiger partial charge in [-0.2, -0.15) is 0 Å². The minimum Gasteiger partial charge on any atom is -0.454 e. The van der Waals surface area contributed by atoms with Gasteiger partial charge in [-0.15, -0.1) is 11.3 Å². The molecule has 1 aromatic heterocycles. The van der Waals surface area contributed by atoms with Crippen LogP contribution in [0.15, 0.2) is 53.9 Å². The van der Waals surface area contributed by atoms with Crippen LogP contribution >= 0.6 is 11.3 Å². The summed E-state index contributed by atoms with van der Waals surface area (Å²) in [6.07, 6.45) is 0.284. The van der Waals surface area contributed by atoms with Gasteiger partial charge in [0.25, 0.3) is 0 Å². The lowest BCUT2D eigenvalue weighted by atomic mass is 10.1. The van der Waals surface area contributed by atoms with E-state index in [-0.39, 0.29) is 19.1 Å². The maximum absolute atomic E-state index is 12.1. The fraction of sp³-hybridized carbons (Fsp3) is 0.200. The highest BCUT2D eigenvalue weighted by Crippen LogP contribution is 2.36. The second-order valence-electron chi connectivity index (χ2n) is 5.94. The van der Waals surface area contributed by atoms with Gasteiger partial charge < -0.3 is 19.5 Å². The number of thiazole rings is 1. The van der Waals surface area contributed by atoms with E-state index in [0.29, 0.717) is 24.1 Å². The highest BCUT2D eigenvalue weighted by atomic mass is 32.1. The fourth-order valence-electron chi connectivity index (χ4n) is 2.63. The van der Waals surface area contributed by atoms with Crippen LogP contribution in [0.5, 0.6) is 11.5 Å². The van der Waals surface area contributed by atoms with Crippen LogP contribution in [0.25, 0.3) is 11.3 Å². The molecule has 1 aliphatic heterocycles. The number of nitrogens with zero attached hydrogens (tertiary/aromatic N) is 1. The Bertz CT molecular complexity index is 927. The number of ether oxygens (including phenoxy) is 3. The molecule has 3 aromatic rings. The smallest absolute Gasteiger partial charge is 0.231 e. The van der Waals surface area contributed by atoms with Crippen molar-refractivity contribution >= 4 is 22.4 Å². The van der Waals surface area contributed by atoms with Crippen LogP contribution in [0.4, 0.5) is 5.13 Å². The average Bonchev–Trinajstić information content (AvgIpc) is 3.34. The van der Waals surface area contributed by atoms with Crippen LogP contribution in [-0.4, -0.2) is 24.3 Å². The summed E-state index contributed by atoms with van der Waals surface area (Å²) in [7, 11) is 0. The maximum Gasteiger partial charge on any atom is 0.231 e. The normalized spacial score (nSPS) is 12.1. The largest absolute Gasteiger partial charge is 0.454 e. The van der Waals surface area contributed by atoms with Crippen molar-refractivity contribution in [2.75, 3.05) is 18.7 Å². The fourth-order valence-corrected chi connectivity index (χ4v) is 3.37. The first-order valence-corrected chi connectivity index (χ1v) is 9.43. The van der Waals surface area contributed by atoms with Gasteiger partial charge in [-0.25, -0.2) is 4.98 Å². The molecule has 0 aliphatic carbocycles. The van der Waals surface area contributed by atoms with E-state index in [1.165, 1.54) is 11.3 Å². The molecule has 138 valence electrons. The van der Waals surface area contributed by atoms with Gasteiger partial charge >= 0.3 is 0 Å². The van der Waals surface area contributed by atoms with Gasteiger partial charge in [-0.05, 0) is 23.8 Å². The molecule has 0 fully saturated rings. The third kappa shape index (κ3) is 4.45. The summed E-state index contributed by atoms with van der Waals surface area (Å²) in [5.74, 6) is 1.33. The Balaban J connectivity index is 1.27. The lowest BCUT2D eigenvalue weighted by Crippen LogP contribution is -2.14. The minimum atomic E-state index is -0.116. The van der Waals surface area contributed by atoms with Gasteiger partial charge in [-0.3, -0.25) is 4.79 Å². The van der Waals surface area contributed by atoms with E-state index < -0.39 is 0 Å². The Morgan fingerprint density at radius 2 is 2.00 bits per heavy atom. The molecule has 1 aliphatic rings. The number of amides is 1. The van der Waals surface area contributed by atoms with E-state index in [1.54, 1.807) is 0 Å². The average molecular weight is 382 g/mol. The number of nitrogens with one attached hydrogen (secondary N) is 1. The van der Waals surface area contributed by atoms with Gasteiger partial charge in [-0.1, -0.05) is 30.3 Å². The van der Waals surface area contributed by atoms with Crippen LogP contribution in [0.3, 0.4) is 0 Å². The zero-order chi connectivity index (χ0) is 18.5. The number of benzene rings is 2. The molecular formula is C20H18N2O4S. The summed E-state index contributed by atoms with van der Waals surface area (Å²) in [6.45, 7) is 1.10. The minimum absolute atomic E-state index is 0.116. The molecule has 27 heavy (non-hydrogen) atoms. The summed E-state index contributed by atoms with van der Waals surface area (Å²) in [6, 6.07) is 15.5. The van der Waals surface area contributed by atoms with E-state index in [9.17, 15) is 4.79 Å². The topological polar surface area (TPSA) is 69.7 Å². The molecule has 0 saturated heterocycles. The highest BCUT2D eigenvalue weighted by Gasteiger charge is 2.15. The third-order valence-corrected chi connectivity index (χ3v) is 4.76. The van der Waals surface area contributed by atoms with Crippen molar-refractivity contribution in [2.24, 2.45) is 0 Å². The number of hydrogen-bond acceptors (Lipinski definition) is 6. The number of carbonyl (C=O) groups excluding carboxylic acids is 1. The monoisotopic (exact) mass is 382 g/mol. The Morgan fingerprint density at radius 3 is 2.89 bits per heavy atom. The Morgan fingerprint density at radius 1 is 1.15 bits per heavy atom. The molecule has 0 radical (unpaired) electrons. The molecule has 4 rings (SSSR count). The quantitative estimate of drug-likeness (QED) is 0.624. The van der Waals surface area contributed by atoms with Crippen LogP contribution in [-0.2, 0) is 16.1 Å². The molecule has 1 N–H and O–H groups in total. The Labute approximate surface area is 160 Å². The number of carbonyl (C=O) groups is 1. The Hall–Kier alpha value is -2.90. The summed E-state index contributed by atoms with van der Waals surface area (Å²) < 4.78 is 16.2. The molecule has 0 saturated carbocycles. The summed E-state index contributed by atoms with van der Waals surface area (Å²) in [4.78, 5) is 16.5. The first kappa shape index (κ1) is 17.5. The van der Waals surface area contributed by atoms with Crippen molar-refractivity contribution in [1.29, 1.82) is 0 Å². The standard InChI is InChI=1S/C20H18N2O4S/c23-19(8-9-24-11-14-4-2-1-3-5-14)22-20-21-16(12-27-20)15-6-7-17-18(10-15)26-13-25-17/h1-7,10,12H,8-9,11,13H2,(H,21,22,23). The lowest BCUT2D eigenvalue weighted by Gasteiger charge is -2.04. The van der Waals surface area contributed by atoms with Crippen LogP contribution in [0.1, 0.15) is 12.0 Å². The second kappa shape index (κ2) is 8.20. The molecule has 2 heterocycles. The van der Waals surface area contributed by atoms with Crippen molar-refractivity contribution in [2.45, 2.75) is 13.0 Å². The van der Waals surface area contributed by atoms with Gasteiger partial charge in [0.2, 0.25) is 12.7 Å².